The van der Waals surface area contributed by atoms with Crippen molar-refractivity contribution in [1.82, 2.24) is 4.90 Å². The topological polar surface area (TPSA) is 127 Å². The number of aliphatic hydroxyl groups is 3. The second kappa shape index (κ2) is 14.3. The molecule has 7 nitrogen and oxygen atoms in total. The standard InChI is InChI=1S/C6H15NO3.C3H7NO2/c8-4-1-7(2-5-9)3-6-10;4-2-1-3(5)6/h8-10H,1-6H2;1-2,4H2,(H,5,6). The number of carboxylic acids is 1. The molecule has 6 N–H and O–H groups in total. The summed E-state index contributed by atoms with van der Waals surface area (Å²) in [5.74, 6) is -0.836. The predicted octanol–water partition coefficient (Wildman–Crippen LogP) is -2.31. The minimum absolute atomic E-state index is 0.0694. The number of nitrogens with two attached hydrogens (primary N) is 1. The summed E-state index contributed by atoms with van der Waals surface area (Å²) in [6, 6.07) is 0. The van der Waals surface area contributed by atoms with Crippen LogP contribution in [0.2, 0.25) is 0 Å². The molecule has 0 amide bonds. The molecule has 16 heavy (non-hydrogen) atoms. The van der Waals surface area contributed by atoms with Crippen LogP contribution in [0.15, 0.2) is 0 Å². The van der Waals surface area contributed by atoms with E-state index in [0.29, 0.717) is 19.6 Å². The smallest absolute Gasteiger partial charge is 0.304 e. The Morgan fingerprint density at radius 3 is 1.50 bits per heavy atom. The molecule has 0 spiro atoms. The van der Waals surface area contributed by atoms with E-state index in [4.69, 9.17) is 26.2 Å². The fourth-order valence-electron chi connectivity index (χ4n) is 0.883. The molecular formula is C9H22N2O5. The summed E-state index contributed by atoms with van der Waals surface area (Å²) in [5, 5.41) is 33.3. The van der Waals surface area contributed by atoms with Gasteiger partial charge in [0.2, 0.25) is 0 Å². The summed E-state index contributed by atoms with van der Waals surface area (Å²) in [5.41, 5.74) is 4.85. The van der Waals surface area contributed by atoms with Crippen LogP contribution in [0.4, 0.5) is 0 Å². The third-order valence-corrected chi connectivity index (χ3v) is 1.61. The zero-order valence-electron chi connectivity index (χ0n) is 9.38. The lowest BCUT2D eigenvalue weighted by atomic mass is 10.4. The molecule has 0 aromatic heterocycles. The molecular weight excluding hydrogens is 216 g/mol. The molecule has 0 aliphatic rings. The molecule has 0 saturated heterocycles. The van der Waals surface area contributed by atoms with E-state index >= 15 is 0 Å². The molecule has 0 rings (SSSR count). The lowest BCUT2D eigenvalue weighted by molar-refractivity contribution is -0.136. The van der Waals surface area contributed by atoms with Gasteiger partial charge < -0.3 is 26.2 Å². The minimum atomic E-state index is -0.836. The lowest BCUT2D eigenvalue weighted by Crippen LogP contribution is -2.32. The van der Waals surface area contributed by atoms with E-state index in [1.54, 1.807) is 4.90 Å². The monoisotopic (exact) mass is 238 g/mol. The van der Waals surface area contributed by atoms with Gasteiger partial charge in [0, 0.05) is 26.2 Å². The third-order valence-electron chi connectivity index (χ3n) is 1.61. The van der Waals surface area contributed by atoms with E-state index in [2.05, 4.69) is 0 Å². The number of rotatable bonds is 8. The van der Waals surface area contributed by atoms with Crippen LogP contribution in [0.25, 0.3) is 0 Å². The first-order chi connectivity index (χ1) is 7.62. The van der Waals surface area contributed by atoms with Crippen molar-refractivity contribution < 1.29 is 25.2 Å². The number of carbonyl (C=O) groups is 1. The first kappa shape index (κ1) is 17.7. The average molecular weight is 238 g/mol. The molecule has 0 unspecified atom stereocenters. The zero-order chi connectivity index (χ0) is 12.8. The number of nitrogens with zero attached hydrogens (tertiary/aromatic N) is 1. The van der Waals surface area contributed by atoms with Gasteiger partial charge in [0.15, 0.2) is 0 Å². The van der Waals surface area contributed by atoms with Gasteiger partial charge in [0.05, 0.1) is 26.2 Å². The van der Waals surface area contributed by atoms with Crippen LogP contribution in [0.5, 0.6) is 0 Å². The fraction of sp³-hybridized carbons (Fsp3) is 0.889. The predicted molar refractivity (Wildman–Crippen MR) is 59.0 cm³/mol. The number of hydrogen-bond acceptors (Lipinski definition) is 6. The van der Waals surface area contributed by atoms with Gasteiger partial charge >= 0.3 is 5.97 Å². The van der Waals surface area contributed by atoms with Crippen LogP contribution in [0, 0.1) is 0 Å². The van der Waals surface area contributed by atoms with Crippen molar-refractivity contribution in [2.45, 2.75) is 6.42 Å². The molecule has 0 aliphatic heterocycles. The normalized spacial score (nSPS) is 9.81. The summed E-state index contributed by atoms with van der Waals surface area (Å²) in [4.78, 5) is 11.3. The fourth-order valence-corrected chi connectivity index (χ4v) is 0.883. The number of aliphatic hydroxyl groups excluding tert-OH is 3. The van der Waals surface area contributed by atoms with Crippen molar-refractivity contribution in [3.05, 3.63) is 0 Å². The third kappa shape index (κ3) is 15.7. The molecule has 7 heteroatoms. The highest BCUT2D eigenvalue weighted by Crippen LogP contribution is 1.84. The van der Waals surface area contributed by atoms with E-state index in [1.165, 1.54) is 0 Å². The van der Waals surface area contributed by atoms with Gasteiger partial charge in [0.25, 0.3) is 0 Å². The molecule has 0 saturated carbocycles. The summed E-state index contributed by atoms with van der Waals surface area (Å²) in [7, 11) is 0. The second-order valence-electron chi connectivity index (χ2n) is 2.94. The molecule has 0 fully saturated rings. The van der Waals surface area contributed by atoms with Crippen LogP contribution in [-0.2, 0) is 4.79 Å². The molecule has 98 valence electrons. The van der Waals surface area contributed by atoms with E-state index in [0.717, 1.165) is 0 Å². The van der Waals surface area contributed by atoms with Crippen LogP contribution >= 0.6 is 0 Å². The van der Waals surface area contributed by atoms with Crippen molar-refractivity contribution in [2.24, 2.45) is 5.73 Å². The highest BCUT2D eigenvalue weighted by Gasteiger charge is 2.00. The first-order valence-electron chi connectivity index (χ1n) is 5.09. The Hall–Kier alpha value is -0.730. The molecule has 0 bridgehead atoms. The van der Waals surface area contributed by atoms with Crippen molar-refractivity contribution in [3.63, 3.8) is 0 Å². The Morgan fingerprint density at radius 2 is 1.38 bits per heavy atom. The Balaban J connectivity index is 0. The SMILES string of the molecule is NCCC(=O)O.OCCN(CCO)CCO. The minimum Gasteiger partial charge on any atom is -0.481 e. The maximum absolute atomic E-state index is 9.52. The average Bonchev–Trinajstić information content (AvgIpc) is 2.19. The van der Waals surface area contributed by atoms with E-state index in [1.807, 2.05) is 0 Å². The maximum atomic E-state index is 9.52. The lowest BCUT2D eigenvalue weighted by Gasteiger charge is -2.17. The molecule has 0 atom stereocenters. The summed E-state index contributed by atoms with van der Waals surface area (Å²) in [6.45, 7) is 1.98. The van der Waals surface area contributed by atoms with Crippen LogP contribution in [-0.4, -0.2) is 77.3 Å². The second-order valence-corrected chi connectivity index (χ2v) is 2.94. The van der Waals surface area contributed by atoms with Gasteiger partial charge in [-0.25, -0.2) is 0 Å². The van der Waals surface area contributed by atoms with Crippen molar-refractivity contribution >= 4 is 5.97 Å². The van der Waals surface area contributed by atoms with Gasteiger partial charge in [-0.1, -0.05) is 0 Å². The van der Waals surface area contributed by atoms with Crippen LogP contribution in [0.1, 0.15) is 6.42 Å². The Kier molecular flexibility index (Phi) is 15.7. The van der Waals surface area contributed by atoms with E-state index < -0.39 is 5.97 Å². The number of aliphatic carboxylic acids is 1. The van der Waals surface area contributed by atoms with Crippen LogP contribution < -0.4 is 5.73 Å². The van der Waals surface area contributed by atoms with Gasteiger partial charge in [-0.2, -0.15) is 0 Å². The first-order valence-corrected chi connectivity index (χ1v) is 5.09. The largest absolute Gasteiger partial charge is 0.481 e. The van der Waals surface area contributed by atoms with Crippen LogP contribution in [0.3, 0.4) is 0 Å². The van der Waals surface area contributed by atoms with Crippen molar-refractivity contribution in [1.29, 1.82) is 0 Å². The molecule has 0 radical (unpaired) electrons. The summed E-state index contributed by atoms with van der Waals surface area (Å²) in [6.07, 6.45) is 0.0694. The molecule has 0 aromatic carbocycles. The van der Waals surface area contributed by atoms with Gasteiger partial charge in [0.1, 0.15) is 0 Å². The number of carboxylic acid groups (broad SMARTS) is 1. The Morgan fingerprint density at radius 1 is 1.00 bits per heavy atom. The summed E-state index contributed by atoms with van der Waals surface area (Å²) >= 11 is 0. The van der Waals surface area contributed by atoms with Gasteiger partial charge in [-0.3, -0.25) is 9.69 Å². The number of hydrogen-bond donors (Lipinski definition) is 5. The molecule has 0 aliphatic carbocycles. The summed E-state index contributed by atoms with van der Waals surface area (Å²) < 4.78 is 0. The molecule has 0 aromatic rings. The molecule has 0 heterocycles. The van der Waals surface area contributed by atoms with E-state index in [9.17, 15) is 4.79 Å². The van der Waals surface area contributed by atoms with Crippen molar-refractivity contribution in [3.8, 4) is 0 Å². The highest BCUT2D eigenvalue weighted by molar-refractivity contribution is 5.66. The Bertz CT molecular complexity index is 143. The Labute approximate surface area is 95.1 Å². The van der Waals surface area contributed by atoms with Gasteiger partial charge in [-0.15, -0.1) is 0 Å². The zero-order valence-corrected chi connectivity index (χ0v) is 9.38. The quantitative estimate of drug-likeness (QED) is 0.321. The maximum Gasteiger partial charge on any atom is 0.304 e. The van der Waals surface area contributed by atoms with Crippen molar-refractivity contribution in [2.75, 3.05) is 46.0 Å². The van der Waals surface area contributed by atoms with Gasteiger partial charge in [-0.05, 0) is 0 Å². The highest BCUT2D eigenvalue weighted by atomic mass is 16.4. The van der Waals surface area contributed by atoms with E-state index in [-0.39, 0.29) is 32.8 Å².